The van der Waals surface area contributed by atoms with Crippen molar-refractivity contribution in [2.45, 2.75) is 0 Å². The van der Waals surface area contributed by atoms with Crippen molar-refractivity contribution < 1.29 is 19.0 Å². The molecule has 5 nitrogen and oxygen atoms in total. The van der Waals surface area contributed by atoms with Gasteiger partial charge >= 0.3 is 0 Å². The molecule has 2 aromatic rings. The highest BCUT2D eigenvalue weighted by molar-refractivity contribution is 5.89. The third kappa shape index (κ3) is 2.56. The molecule has 0 aliphatic rings. The van der Waals surface area contributed by atoms with Crippen molar-refractivity contribution in [1.82, 2.24) is 4.98 Å². The van der Waals surface area contributed by atoms with E-state index in [1.807, 2.05) is 6.07 Å². The van der Waals surface area contributed by atoms with Gasteiger partial charge in [0.25, 0.3) is 0 Å². The summed E-state index contributed by atoms with van der Waals surface area (Å²) in [5.41, 5.74) is 2.04. The molecule has 0 aliphatic carbocycles. The number of aldehydes is 1. The molecule has 0 spiro atoms. The molecule has 104 valence electrons. The van der Waals surface area contributed by atoms with Crippen LogP contribution < -0.4 is 14.2 Å². The summed E-state index contributed by atoms with van der Waals surface area (Å²) in [7, 11) is 4.63. The van der Waals surface area contributed by atoms with Gasteiger partial charge in [0.05, 0.1) is 21.3 Å². The maximum absolute atomic E-state index is 11.3. The molecule has 0 N–H and O–H groups in total. The van der Waals surface area contributed by atoms with Gasteiger partial charge in [0.15, 0.2) is 17.8 Å². The molecule has 0 radical (unpaired) electrons. The van der Waals surface area contributed by atoms with Crippen LogP contribution in [0.25, 0.3) is 11.1 Å². The zero-order valence-electron chi connectivity index (χ0n) is 11.5. The molecule has 0 saturated carbocycles. The first-order valence-electron chi connectivity index (χ1n) is 5.95. The fraction of sp³-hybridized carbons (Fsp3) is 0.200. The molecule has 2 rings (SSSR count). The Morgan fingerprint density at radius 3 is 2.20 bits per heavy atom. The van der Waals surface area contributed by atoms with E-state index < -0.39 is 0 Å². The quantitative estimate of drug-likeness (QED) is 0.784. The van der Waals surface area contributed by atoms with Crippen LogP contribution in [-0.2, 0) is 0 Å². The lowest BCUT2D eigenvalue weighted by Crippen LogP contribution is -1.96. The minimum atomic E-state index is 0.509. The third-order valence-electron chi connectivity index (χ3n) is 2.94. The number of carbonyl (C=O) groups excluding carboxylic acids is 1. The SMILES string of the molecule is COc1ccc(-c2cc(OC)c(OC)cc2C=O)cn1. The van der Waals surface area contributed by atoms with E-state index in [-0.39, 0.29) is 0 Å². The fourth-order valence-electron chi connectivity index (χ4n) is 1.90. The molecule has 0 aliphatic heterocycles. The minimum Gasteiger partial charge on any atom is -0.493 e. The van der Waals surface area contributed by atoms with Gasteiger partial charge in [0.2, 0.25) is 5.88 Å². The highest BCUT2D eigenvalue weighted by Gasteiger charge is 2.12. The van der Waals surface area contributed by atoms with Crippen LogP contribution in [0, 0.1) is 0 Å². The number of aromatic nitrogens is 1. The number of nitrogens with zero attached hydrogens (tertiary/aromatic N) is 1. The van der Waals surface area contributed by atoms with E-state index >= 15 is 0 Å². The van der Waals surface area contributed by atoms with Crippen molar-refractivity contribution in [3.63, 3.8) is 0 Å². The summed E-state index contributed by atoms with van der Waals surface area (Å²) in [5.74, 6) is 1.59. The zero-order chi connectivity index (χ0) is 14.5. The van der Waals surface area contributed by atoms with Gasteiger partial charge in [-0.15, -0.1) is 0 Å². The fourth-order valence-corrected chi connectivity index (χ4v) is 1.90. The van der Waals surface area contributed by atoms with Gasteiger partial charge in [-0.05, 0) is 23.8 Å². The second kappa shape index (κ2) is 6.06. The second-order valence-electron chi connectivity index (χ2n) is 4.00. The Kier molecular flexibility index (Phi) is 4.20. The maximum atomic E-state index is 11.3. The van der Waals surface area contributed by atoms with E-state index in [0.717, 1.165) is 17.4 Å². The van der Waals surface area contributed by atoms with Gasteiger partial charge in [-0.2, -0.15) is 0 Å². The Morgan fingerprint density at radius 1 is 1.00 bits per heavy atom. The van der Waals surface area contributed by atoms with E-state index in [2.05, 4.69) is 4.98 Å². The molecule has 0 saturated heterocycles. The molecule has 0 unspecified atom stereocenters. The Balaban J connectivity index is 2.55. The van der Waals surface area contributed by atoms with Crippen LogP contribution in [0.15, 0.2) is 30.5 Å². The Bertz CT molecular complexity index is 608. The molecule has 0 atom stereocenters. The van der Waals surface area contributed by atoms with E-state index in [4.69, 9.17) is 14.2 Å². The summed E-state index contributed by atoms with van der Waals surface area (Å²) >= 11 is 0. The van der Waals surface area contributed by atoms with E-state index in [9.17, 15) is 4.79 Å². The number of carbonyl (C=O) groups is 1. The van der Waals surface area contributed by atoms with Crippen LogP contribution in [0.5, 0.6) is 17.4 Å². The molecular weight excluding hydrogens is 258 g/mol. The maximum Gasteiger partial charge on any atom is 0.212 e. The number of pyridine rings is 1. The van der Waals surface area contributed by atoms with Crippen molar-refractivity contribution in [1.29, 1.82) is 0 Å². The number of hydrogen-bond acceptors (Lipinski definition) is 5. The average Bonchev–Trinajstić information content (AvgIpc) is 2.53. The van der Waals surface area contributed by atoms with Gasteiger partial charge in [-0.3, -0.25) is 4.79 Å². The summed E-state index contributed by atoms with van der Waals surface area (Å²) < 4.78 is 15.5. The van der Waals surface area contributed by atoms with E-state index in [1.54, 1.807) is 38.6 Å². The first-order valence-corrected chi connectivity index (χ1v) is 5.95. The molecular formula is C15H15NO4. The van der Waals surface area contributed by atoms with Crippen LogP contribution in [-0.4, -0.2) is 32.6 Å². The molecule has 0 fully saturated rings. The summed E-state index contributed by atoms with van der Waals surface area (Å²) in [6, 6.07) is 6.97. The first-order chi connectivity index (χ1) is 9.73. The Hall–Kier alpha value is -2.56. The van der Waals surface area contributed by atoms with Gasteiger partial charge in [-0.1, -0.05) is 0 Å². The third-order valence-corrected chi connectivity index (χ3v) is 2.94. The Labute approximate surface area is 117 Å². The molecule has 5 heteroatoms. The summed E-state index contributed by atoms with van der Waals surface area (Å²) in [4.78, 5) is 15.4. The van der Waals surface area contributed by atoms with E-state index in [0.29, 0.717) is 22.9 Å². The molecule has 1 aromatic heterocycles. The molecule has 0 bridgehead atoms. The van der Waals surface area contributed by atoms with Crippen molar-refractivity contribution >= 4 is 6.29 Å². The summed E-state index contributed by atoms with van der Waals surface area (Å²) in [6.07, 6.45) is 2.43. The van der Waals surface area contributed by atoms with Crippen LogP contribution in [0.3, 0.4) is 0 Å². The van der Waals surface area contributed by atoms with Crippen molar-refractivity contribution in [3.05, 3.63) is 36.0 Å². The predicted octanol–water partition coefficient (Wildman–Crippen LogP) is 2.59. The summed E-state index contributed by atoms with van der Waals surface area (Å²) in [5, 5.41) is 0. The number of benzene rings is 1. The number of rotatable bonds is 5. The van der Waals surface area contributed by atoms with Crippen molar-refractivity contribution in [3.8, 4) is 28.5 Å². The van der Waals surface area contributed by atoms with Gasteiger partial charge in [-0.25, -0.2) is 4.98 Å². The molecule has 1 heterocycles. The van der Waals surface area contributed by atoms with Crippen molar-refractivity contribution in [2.75, 3.05) is 21.3 Å². The second-order valence-corrected chi connectivity index (χ2v) is 4.00. The minimum absolute atomic E-state index is 0.509. The van der Waals surface area contributed by atoms with Crippen LogP contribution in [0.1, 0.15) is 10.4 Å². The molecule has 0 amide bonds. The lowest BCUT2D eigenvalue weighted by molar-refractivity contribution is 0.112. The number of methoxy groups -OCH3 is 3. The first kappa shape index (κ1) is 13.9. The normalized spacial score (nSPS) is 9.95. The lowest BCUT2D eigenvalue weighted by Gasteiger charge is -2.12. The highest BCUT2D eigenvalue weighted by atomic mass is 16.5. The zero-order valence-corrected chi connectivity index (χ0v) is 11.5. The highest BCUT2D eigenvalue weighted by Crippen LogP contribution is 2.35. The predicted molar refractivity (Wildman–Crippen MR) is 74.7 cm³/mol. The average molecular weight is 273 g/mol. The smallest absolute Gasteiger partial charge is 0.212 e. The van der Waals surface area contributed by atoms with E-state index in [1.165, 1.54) is 7.11 Å². The van der Waals surface area contributed by atoms with Gasteiger partial charge in [0, 0.05) is 23.4 Å². The number of ether oxygens (including phenoxy) is 3. The van der Waals surface area contributed by atoms with Crippen LogP contribution in [0.4, 0.5) is 0 Å². The monoisotopic (exact) mass is 273 g/mol. The molecule has 20 heavy (non-hydrogen) atoms. The van der Waals surface area contributed by atoms with Crippen molar-refractivity contribution in [2.24, 2.45) is 0 Å². The van der Waals surface area contributed by atoms with Crippen LogP contribution in [0.2, 0.25) is 0 Å². The number of hydrogen-bond donors (Lipinski definition) is 0. The Morgan fingerprint density at radius 2 is 1.70 bits per heavy atom. The molecule has 1 aromatic carbocycles. The topological polar surface area (TPSA) is 57.7 Å². The van der Waals surface area contributed by atoms with Gasteiger partial charge in [0.1, 0.15) is 0 Å². The van der Waals surface area contributed by atoms with Gasteiger partial charge < -0.3 is 14.2 Å². The summed E-state index contributed by atoms with van der Waals surface area (Å²) in [6.45, 7) is 0. The standard InChI is InChI=1S/C15H15NO4/c1-18-13-6-11(9-17)12(7-14(13)19-2)10-4-5-15(20-3)16-8-10/h4-9H,1-3H3. The lowest BCUT2D eigenvalue weighted by atomic mass is 10.0. The van der Waals surface area contributed by atoms with Crippen LogP contribution >= 0.6 is 0 Å². The largest absolute Gasteiger partial charge is 0.493 e.